The number of hydrogen-bond donors (Lipinski definition) is 1. The van der Waals surface area contributed by atoms with Crippen LogP contribution < -0.4 is 10.1 Å². The van der Waals surface area contributed by atoms with Crippen LogP contribution in [-0.4, -0.2) is 19.7 Å². The Balaban J connectivity index is 2.23. The van der Waals surface area contributed by atoms with E-state index < -0.39 is 0 Å². The average Bonchev–Trinajstić information content (AvgIpc) is 2.83. The lowest BCUT2D eigenvalue weighted by molar-refractivity contribution is 0.404. The van der Waals surface area contributed by atoms with Gasteiger partial charge in [-0.25, -0.2) is 0 Å². The van der Waals surface area contributed by atoms with Gasteiger partial charge in [0.1, 0.15) is 5.75 Å². The summed E-state index contributed by atoms with van der Waals surface area (Å²) in [6, 6.07) is 13.3. The van der Waals surface area contributed by atoms with E-state index in [1.807, 2.05) is 0 Å². The highest BCUT2D eigenvalue weighted by Gasteiger charge is 2.28. The van der Waals surface area contributed by atoms with E-state index in [2.05, 4.69) is 48.6 Å². The third-order valence-corrected chi connectivity index (χ3v) is 4.05. The Morgan fingerprint density at radius 3 is 2.72 bits per heavy atom. The predicted octanol–water partition coefficient (Wildman–Crippen LogP) is 3.31. The fourth-order valence-electron chi connectivity index (χ4n) is 3.09. The standard InChI is InChI=1S/C16H19NO/c1-11-13(9-10-17-11)16-14-6-4-3-5-12(14)7-8-15(16)18-2/h3-8,11,13,17H,9-10H2,1-2H3. The Morgan fingerprint density at radius 1 is 1.17 bits per heavy atom. The van der Waals surface area contributed by atoms with Crippen LogP contribution in [-0.2, 0) is 0 Å². The van der Waals surface area contributed by atoms with Gasteiger partial charge in [-0.15, -0.1) is 0 Å². The monoisotopic (exact) mass is 241 g/mol. The van der Waals surface area contributed by atoms with Crippen LogP contribution in [0.5, 0.6) is 5.75 Å². The van der Waals surface area contributed by atoms with E-state index in [0.717, 1.165) is 12.3 Å². The maximum Gasteiger partial charge on any atom is 0.123 e. The minimum absolute atomic E-state index is 0.518. The molecule has 1 N–H and O–H groups in total. The topological polar surface area (TPSA) is 21.3 Å². The zero-order valence-electron chi connectivity index (χ0n) is 10.9. The lowest BCUT2D eigenvalue weighted by Crippen LogP contribution is -2.22. The molecule has 0 radical (unpaired) electrons. The molecular weight excluding hydrogens is 222 g/mol. The van der Waals surface area contributed by atoms with Crippen molar-refractivity contribution in [2.45, 2.75) is 25.3 Å². The van der Waals surface area contributed by atoms with E-state index >= 15 is 0 Å². The van der Waals surface area contributed by atoms with Gasteiger partial charge in [0, 0.05) is 17.5 Å². The lowest BCUT2D eigenvalue weighted by Gasteiger charge is -2.20. The van der Waals surface area contributed by atoms with Crippen molar-refractivity contribution in [3.63, 3.8) is 0 Å². The summed E-state index contributed by atoms with van der Waals surface area (Å²) in [5, 5.41) is 6.16. The summed E-state index contributed by atoms with van der Waals surface area (Å²) in [6.45, 7) is 3.36. The second-order valence-electron chi connectivity index (χ2n) is 5.04. The molecule has 1 aliphatic rings. The van der Waals surface area contributed by atoms with Crippen molar-refractivity contribution in [2.24, 2.45) is 0 Å². The van der Waals surface area contributed by atoms with E-state index in [0.29, 0.717) is 12.0 Å². The van der Waals surface area contributed by atoms with Gasteiger partial charge >= 0.3 is 0 Å². The van der Waals surface area contributed by atoms with Gasteiger partial charge in [0.15, 0.2) is 0 Å². The minimum atomic E-state index is 0.518. The van der Waals surface area contributed by atoms with Crippen LogP contribution >= 0.6 is 0 Å². The van der Waals surface area contributed by atoms with Crippen LogP contribution in [0, 0.1) is 0 Å². The fraction of sp³-hybridized carbons (Fsp3) is 0.375. The Hall–Kier alpha value is -1.54. The smallest absolute Gasteiger partial charge is 0.123 e. The number of methoxy groups -OCH3 is 1. The fourth-order valence-corrected chi connectivity index (χ4v) is 3.09. The van der Waals surface area contributed by atoms with Gasteiger partial charge in [-0.05, 0) is 36.7 Å². The maximum absolute atomic E-state index is 5.59. The second-order valence-corrected chi connectivity index (χ2v) is 5.04. The minimum Gasteiger partial charge on any atom is -0.496 e. The Bertz CT molecular complexity index is 564. The molecule has 0 aliphatic carbocycles. The molecule has 1 saturated heterocycles. The lowest BCUT2D eigenvalue weighted by atomic mass is 9.88. The van der Waals surface area contributed by atoms with Crippen molar-refractivity contribution < 1.29 is 4.74 Å². The molecule has 2 unspecified atom stereocenters. The molecule has 0 amide bonds. The Labute approximate surface area is 108 Å². The molecular formula is C16H19NO. The van der Waals surface area contributed by atoms with Gasteiger partial charge in [-0.3, -0.25) is 0 Å². The largest absolute Gasteiger partial charge is 0.496 e. The van der Waals surface area contributed by atoms with Crippen molar-refractivity contribution >= 4 is 10.8 Å². The van der Waals surface area contributed by atoms with Gasteiger partial charge < -0.3 is 10.1 Å². The van der Waals surface area contributed by atoms with E-state index in [4.69, 9.17) is 4.74 Å². The molecule has 2 atom stereocenters. The molecule has 1 aliphatic heterocycles. The molecule has 2 aromatic rings. The van der Waals surface area contributed by atoms with Crippen LogP contribution in [0.2, 0.25) is 0 Å². The first-order chi connectivity index (χ1) is 8.81. The molecule has 18 heavy (non-hydrogen) atoms. The van der Waals surface area contributed by atoms with Crippen LogP contribution in [0.3, 0.4) is 0 Å². The quantitative estimate of drug-likeness (QED) is 0.871. The molecule has 0 spiro atoms. The first-order valence-electron chi connectivity index (χ1n) is 6.60. The highest BCUT2D eigenvalue weighted by molar-refractivity contribution is 5.88. The molecule has 3 rings (SSSR count). The Morgan fingerprint density at radius 2 is 2.00 bits per heavy atom. The summed E-state index contributed by atoms with van der Waals surface area (Å²) in [7, 11) is 1.76. The number of benzene rings is 2. The molecule has 1 fully saturated rings. The summed E-state index contributed by atoms with van der Waals surface area (Å²) in [5.74, 6) is 1.57. The molecule has 0 saturated carbocycles. The number of hydrogen-bond acceptors (Lipinski definition) is 2. The van der Waals surface area contributed by atoms with Crippen molar-refractivity contribution in [3.8, 4) is 5.75 Å². The molecule has 0 bridgehead atoms. The van der Waals surface area contributed by atoms with Gasteiger partial charge in [0.25, 0.3) is 0 Å². The zero-order chi connectivity index (χ0) is 12.5. The predicted molar refractivity (Wildman–Crippen MR) is 75.3 cm³/mol. The summed E-state index contributed by atoms with van der Waals surface area (Å²) in [5.41, 5.74) is 1.37. The number of fused-ring (bicyclic) bond motifs is 1. The maximum atomic E-state index is 5.59. The van der Waals surface area contributed by atoms with Crippen LogP contribution in [0.4, 0.5) is 0 Å². The van der Waals surface area contributed by atoms with Crippen molar-refractivity contribution in [1.82, 2.24) is 5.32 Å². The third-order valence-electron chi connectivity index (χ3n) is 4.05. The molecule has 1 heterocycles. The van der Waals surface area contributed by atoms with Crippen molar-refractivity contribution in [3.05, 3.63) is 42.0 Å². The molecule has 0 aromatic heterocycles. The summed E-state index contributed by atoms with van der Waals surface area (Å²) >= 11 is 0. The van der Waals surface area contributed by atoms with Crippen molar-refractivity contribution in [2.75, 3.05) is 13.7 Å². The van der Waals surface area contributed by atoms with Gasteiger partial charge in [0.05, 0.1) is 7.11 Å². The molecule has 2 nitrogen and oxygen atoms in total. The van der Waals surface area contributed by atoms with Crippen LogP contribution in [0.1, 0.15) is 24.8 Å². The van der Waals surface area contributed by atoms with Crippen molar-refractivity contribution in [1.29, 1.82) is 0 Å². The van der Waals surface area contributed by atoms with E-state index in [1.54, 1.807) is 7.11 Å². The first kappa shape index (κ1) is 11.5. The Kier molecular flexibility index (Phi) is 2.96. The van der Waals surface area contributed by atoms with Gasteiger partial charge in [-0.2, -0.15) is 0 Å². The van der Waals surface area contributed by atoms with Crippen LogP contribution in [0.25, 0.3) is 10.8 Å². The second kappa shape index (κ2) is 4.62. The number of nitrogens with one attached hydrogen (secondary N) is 1. The summed E-state index contributed by atoms with van der Waals surface area (Å²) in [6.07, 6.45) is 1.19. The third kappa shape index (κ3) is 1.77. The number of rotatable bonds is 2. The zero-order valence-corrected chi connectivity index (χ0v) is 10.9. The molecule has 2 heteroatoms. The van der Waals surface area contributed by atoms with Gasteiger partial charge in [0.2, 0.25) is 0 Å². The normalized spacial score (nSPS) is 23.4. The highest BCUT2D eigenvalue weighted by atomic mass is 16.5. The number of ether oxygens (including phenoxy) is 1. The van der Waals surface area contributed by atoms with E-state index in [1.165, 1.54) is 22.8 Å². The summed E-state index contributed by atoms with van der Waals surface area (Å²) in [4.78, 5) is 0. The average molecular weight is 241 g/mol. The van der Waals surface area contributed by atoms with E-state index in [-0.39, 0.29) is 0 Å². The first-order valence-corrected chi connectivity index (χ1v) is 6.60. The van der Waals surface area contributed by atoms with Gasteiger partial charge in [-0.1, -0.05) is 30.3 Å². The van der Waals surface area contributed by atoms with E-state index in [9.17, 15) is 0 Å². The molecule has 94 valence electrons. The highest BCUT2D eigenvalue weighted by Crippen LogP contribution is 2.39. The van der Waals surface area contributed by atoms with Crippen LogP contribution in [0.15, 0.2) is 36.4 Å². The molecule has 2 aromatic carbocycles. The SMILES string of the molecule is COc1ccc2ccccc2c1C1CCNC1C. The summed E-state index contributed by atoms with van der Waals surface area (Å²) < 4.78 is 5.59.